The summed E-state index contributed by atoms with van der Waals surface area (Å²) in [4.78, 5) is 23.2. The Morgan fingerprint density at radius 3 is 2.64 bits per heavy atom. The molecule has 0 bridgehead atoms. The van der Waals surface area contributed by atoms with E-state index in [1.54, 1.807) is 7.05 Å². The van der Waals surface area contributed by atoms with Crippen molar-refractivity contribution in [3.05, 3.63) is 26.4 Å². The Morgan fingerprint density at radius 1 is 1.21 bits per heavy atom. The molecule has 1 aliphatic rings. The molecule has 0 aromatic carbocycles. The minimum Gasteiger partial charge on any atom is -0.307 e. The molecule has 2 heterocycles. The van der Waals surface area contributed by atoms with Crippen LogP contribution in [0.2, 0.25) is 0 Å². The topological polar surface area (TPSA) is 68.1 Å². The van der Waals surface area contributed by atoms with Crippen molar-refractivity contribution < 1.29 is 0 Å². The summed E-state index contributed by atoms with van der Waals surface area (Å²) in [5, 5.41) is 0. The van der Waals surface area contributed by atoms with Gasteiger partial charge in [-0.2, -0.15) is 0 Å². The molecule has 0 saturated heterocycles. The Morgan fingerprint density at radius 2 is 1.93 bits per heavy atom. The zero-order chi connectivity index (χ0) is 10.3. The fourth-order valence-corrected chi connectivity index (χ4v) is 1.63. The summed E-state index contributed by atoms with van der Waals surface area (Å²) in [6.07, 6.45) is 0.642. The predicted octanol–water partition coefficient (Wildman–Crippen LogP) is -1.44. The van der Waals surface area contributed by atoms with Crippen molar-refractivity contribution in [3.63, 3.8) is 0 Å². The molecule has 0 radical (unpaired) electrons. The average molecular weight is 196 g/mol. The van der Waals surface area contributed by atoms with E-state index in [4.69, 9.17) is 0 Å². The number of nitrogens with zero attached hydrogens (tertiary/aromatic N) is 2. The van der Waals surface area contributed by atoms with E-state index < -0.39 is 0 Å². The molecule has 0 aliphatic carbocycles. The first-order valence-corrected chi connectivity index (χ1v) is 4.40. The summed E-state index contributed by atoms with van der Waals surface area (Å²) in [7, 11) is 3.13. The predicted molar refractivity (Wildman–Crippen MR) is 52.3 cm³/mol. The molecular formula is C8H12N4O2. The van der Waals surface area contributed by atoms with Crippen LogP contribution in [0.1, 0.15) is 5.56 Å². The molecule has 76 valence electrons. The summed E-state index contributed by atoms with van der Waals surface area (Å²) in [5.74, 6) is 0.573. The highest BCUT2D eigenvalue weighted by Gasteiger charge is 2.17. The Balaban J connectivity index is 2.85. The smallest absolute Gasteiger partial charge is 0.307 e. The molecule has 6 heteroatoms. The molecule has 1 aromatic rings. The molecule has 1 aliphatic heterocycles. The minimum atomic E-state index is -0.315. The summed E-state index contributed by atoms with van der Waals surface area (Å²) in [5.41, 5.74) is 5.87. The van der Waals surface area contributed by atoms with Gasteiger partial charge < -0.3 is 5.43 Å². The van der Waals surface area contributed by atoms with Crippen LogP contribution >= 0.6 is 0 Å². The molecule has 1 aromatic heterocycles. The van der Waals surface area contributed by atoms with Crippen molar-refractivity contribution in [1.29, 1.82) is 0 Å². The van der Waals surface area contributed by atoms with Crippen LogP contribution in [-0.2, 0) is 20.5 Å². The zero-order valence-electron chi connectivity index (χ0n) is 8.13. The van der Waals surface area contributed by atoms with Crippen molar-refractivity contribution in [2.24, 2.45) is 14.1 Å². The van der Waals surface area contributed by atoms with E-state index in [-0.39, 0.29) is 11.2 Å². The molecule has 0 unspecified atom stereocenters. The molecule has 14 heavy (non-hydrogen) atoms. The highest BCUT2D eigenvalue weighted by molar-refractivity contribution is 5.44. The molecule has 0 amide bonds. The lowest BCUT2D eigenvalue weighted by atomic mass is 10.2. The number of hydrogen-bond acceptors (Lipinski definition) is 4. The quantitative estimate of drug-likeness (QED) is 0.533. The van der Waals surface area contributed by atoms with Gasteiger partial charge in [0.1, 0.15) is 5.82 Å². The molecule has 0 atom stereocenters. The van der Waals surface area contributed by atoms with Gasteiger partial charge >= 0.3 is 5.69 Å². The van der Waals surface area contributed by atoms with Gasteiger partial charge in [-0.1, -0.05) is 0 Å². The second kappa shape index (κ2) is 2.98. The first-order chi connectivity index (χ1) is 6.63. The fourth-order valence-electron chi connectivity index (χ4n) is 1.63. The van der Waals surface area contributed by atoms with Crippen molar-refractivity contribution in [2.75, 3.05) is 12.0 Å². The molecule has 6 nitrogen and oxygen atoms in total. The number of anilines is 1. The molecule has 0 fully saturated rings. The van der Waals surface area contributed by atoms with E-state index in [9.17, 15) is 9.59 Å². The summed E-state index contributed by atoms with van der Waals surface area (Å²) in [6.45, 7) is 0.695. The maximum Gasteiger partial charge on any atom is 0.332 e. The number of rotatable bonds is 0. The third-order valence-corrected chi connectivity index (χ3v) is 2.46. The number of aromatic nitrogens is 2. The van der Waals surface area contributed by atoms with Gasteiger partial charge in [0, 0.05) is 20.6 Å². The lowest BCUT2D eigenvalue weighted by molar-refractivity contribution is 0.629. The Kier molecular flexibility index (Phi) is 1.92. The first kappa shape index (κ1) is 9.01. The van der Waals surface area contributed by atoms with Crippen LogP contribution in [-0.4, -0.2) is 15.7 Å². The molecule has 0 spiro atoms. The largest absolute Gasteiger partial charge is 0.332 e. The maximum absolute atomic E-state index is 11.7. The Hall–Kier alpha value is -1.56. The van der Waals surface area contributed by atoms with Crippen LogP contribution in [0.5, 0.6) is 0 Å². The maximum atomic E-state index is 11.7. The fraction of sp³-hybridized carbons (Fsp3) is 0.500. The van der Waals surface area contributed by atoms with Crippen molar-refractivity contribution in [1.82, 2.24) is 14.6 Å². The highest BCUT2D eigenvalue weighted by Crippen LogP contribution is 2.10. The Labute approximate surface area is 80.1 Å². The van der Waals surface area contributed by atoms with E-state index in [0.717, 1.165) is 4.57 Å². The van der Waals surface area contributed by atoms with Crippen LogP contribution in [0.25, 0.3) is 0 Å². The van der Waals surface area contributed by atoms with Crippen LogP contribution in [0.3, 0.4) is 0 Å². The zero-order valence-corrected chi connectivity index (χ0v) is 8.13. The van der Waals surface area contributed by atoms with Gasteiger partial charge in [-0.3, -0.25) is 13.9 Å². The number of hydrazine groups is 1. The monoisotopic (exact) mass is 196 g/mol. The van der Waals surface area contributed by atoms with Crippen LogP contribution in [0.4, 0.5) is 5.82 Å². The van der Waals surface area contributed by atoms with Crippen LogP contribution in [0, 0.1) is 0 Å². The van der Waals surface area contributed by atoms with Gasteiger partial charge in [0.2, 0.25) is 0 Å². The van der Waals surface area contributed by atoms with Gasteiger partial charge in [0.15, 0.2) is 0 Å². The summed E-state index contributed by atoms with van der Waals surface area (Å²) < 4.78 is 2.56. The van der Waals surface area contributed by atoms with E-state index in [1.165, 1.54) is 11.6 Å². The van der Waals surface area contributed by atoms with Gasteiger partial charge in [-0.15, -0.1) is 0 Å². The third kappa shape index (κ3) is 1.07. The number of fused-ring (bicyclic) bond motifs is 1. The highest BCUT2D eigenvalue weighted by atomic mass is 16.2. The van der Waals surface area contributed by atoms with Crippen LogP contribution < -0.4 is 22.1 Å². The second-order valence-corrected chi connectivity index (χ2v) is 3.33. The molecule has 2 N–H and O–H groups in total. The lowest BCUT2D eigenvalue weighted by Gasteiger charge is -2.21. The molecule has 0 saturated carbocycles. The SMILES string of the molecule is Cn1c2c(c(=O)n(C)c1=O)CCNN2. The first-order valence-electron chi connectivity index (χ1n) is 4.40. The van der Waals surface area contributed by atoms with Crippen molar-refractivity contribution >= 4 is 5.82 Å². The van der Waals surface area contributed by atoms with E-state index in [0.29, 0.717) is 24.3 Å². The van der Waals surface area contributed by atoms with E-state index >= 15 is 0 Å². The van der Waals surface area contributed by atoms with Crippen LogP contribution in [0.15, 0.2) is 9.59 Å². The van der Waals surface area contributed by atoms with E-state index in [1.807, 2.05) is 0 Å². The molecule has 2 rings (SSSR count). The van der Waals surface area contributed by atoms with Crippen molar-refractivity contribution in [2.45, 2.75) is 6.42 Å². The summed E-state index contributed by atoms with van der Waals surface area (Å²) in [6, 6.07) is 0. The number of nitrogens with one attached hydrogen (secondary N) is 2. The normalized spacial score (nSPS) is 14.7. The Bertz CT molecular complexity index is 485. The third-order valence-electron chi connectivity index (χ3n) is 2.46. The van der Waals surface area contributed by atoms with Gasteiger partial charge in [-0.05, 0) is 6.42 Å². The second-order valence-electron chi connectivity index (χ2n) is 3.33. The number of hydrogen-bond donors (Lipinski definition) is 2. The minimum absolute atomic E-state index is 0.211. The average Bonchev–Trinajstić information content (AvgIpc) is 2.23. The van der Waals surface area contributed by atoms with Gasteiger partial charge in [0.25, 0.3) is 5.56 Å². The standard InChI is InChI=1S/C8H12N4O2/c1-11-6-5(3-4-9-10-6)7(13)12(2)8(11)14/h9-10H,3-4H2,1-2H3. The lowest BCUT2D eigenvalue weighted by Crippen LogP contribution is -2.45. The van der Waals surface area contributed by atoms with E-state index in [2.05, 4.69) is 10.9 Å². The molecular weight excluding hydrogens is 184 g/mol. The van der Waals surface area contributed by atoms with Gasteiger partial charge in [-0.25, -0.2) is 10.2 Å². The van der Waals surface area contributed by atoms with Crippen molar-refractivity contribution in [3.8, 4) is 0 Å². The van der Waals surface area contributed by atoms with Gasteiger partial charge in [0.05, 0.1) is 5.56 Å². The summed E-state index contributed by atoms with van der Waals surface area (Å²) >= 11 is 0.